The maximum atomic E-state index is 4.36. The third-order valence-corrected chi connectivity index (χ3v) is 2.60. The molecule has 4 nitrogen and oxygen atoms in total. The van der Waals surface area contributed by atoms with E-state index in [1.807, 2.05) is 36.3 Å². The van der Waals surface area contributed by atoms with Crippen LogP contribution >= 0.6 is 0 Å². The number of pyridine rings is 1. The van der Waals surface area contributed by atoms with E-state index in [4.69, 9.17) is 0 Å². The molecule has 0 atom stereocenters. The first-order valence-electron chi connectivity index (χ1n) is 5.33. The van der Waals surface area contributed by atoms with Crippen molar-refractivity contribution in [1.29, 1.82) is 0 Å². The van der Waals surface area contributed by atoms with Gasteiger partial charge in [0.25, 0.3) is 0 Å². The summed E-state index contributed by atoms with van der Waals surface area (Å²) in [4.78, 5) is 4.32. The Labute approximate surface area is 95.3 Å². The zero-order valence-electron chi connectivity index (χ0n) is 9.86. The molecule has 0 saturated carbocycles. The van der Waals surface area contributed by atoms with E-state index < -0.39 is 0 Å². The van der Waals surface area contributed by atoms with E-state index in [1.165, 1.54) is 11.1 Å². The maximum Gasteiger partial charge on any atom is 0.153 e. The monoisotopic (exact) mass is 216 g/mol. The Hall–Kier alpha value is -1.68. The van der Waals surface area contributed by atoms with E-state index in [0.717, 1.165) is 18.1 Å². The standard InChI is InChI=1S/C12H16N4/c1-9-4-5-14-12(6-9)16-10(2)11(7-13-3)8-15-16/h4-6,8,13H,7H2,1-3H3. The average molecular weight is 216 g/mol. The van der Waals surface area contributed by atoms with Gasteiger partial charge in [0.2, 0.25) is 0 Å². The summed E-state index contributed by atoms with van der Waals surface area (Å²) >= 11 is 0. The van der Waals surface area contributed by atoms with Crippen LogP contribution in [0.3, 0.4) is 0 Å². The Kier molecular flexibility index (Phi) is 3.01. The molecule has 16 heavy (non-hydrogen) atoms. The van der Waals surface area contributed by atoms with Crippen LogP contribution in [0.15, 0.2) is 24.5 Å². The number of hydrogen-bond acceptors (Lipinski definition) is 3. The second-order valence-corrected chi connectivity index (χ2v) is 3.89. The van der Waals surface area contributed by atoms with Gasteiger partial charge in [0, 0.05) is 24.0 Å². The van der Waals surface area contributed by atoms with E-state index in [-0.39, 0.29) is 0 Å². The van der Waals surface area contributed by atoms with Crippen LogP contribution < -0.4 is 5.32 Å². The third-order valence-electron chi connectivity index (χ3n) is 2.60. The lowest BCUT2D eigenvalue weighted by molar-refractivity contribution is 0.791. The van der Waals surface area contributed by atoms with Gasteiger partial charge in [-0.05, 0) is 38.6 Å². The van der Waals surface area contributed by atoms with Gasteiger partial charge in [-0.1, -0.05) is 0 Å². The van der Waals surface area contributed by atoms with Gasteiger partial charge in [0.05, 0.1) is 6.20 Å². The lowest BCUT2D eigenvalue weighted by atomic mass is 10.2. The van der Waals surface area contributed by atoms with Crippen LogP contribution in [0.4, 0.5) is 0 Å². The van der Waals surface area contributed by atoms with Crippen LogP contribution in [0.25, 0.3) is 5.82 Å². The van der Waals surface area contributed by atoms with Crippen LogP contribution in [0.2, 0.25) is 0 Å². The molecule has 0 radical (unpaired) electrons. The fraction of sp³-hybridized carbons (Fsp3) is 0.333. The summed E-state index contributed by atoms with van der Waals surface area (Å²) in [5.41, 5.74) is 3.52. The molecular weight excluding hydrogens is 200 g/mol. The van der Waals surface area contributed by atoms with Gasteiger partial charge >= 0.3 is 0 Å². The molecule has 0 unspecified atom stereocenters. The van der Waals surface area contributed by atoms with Crippen molar-refractivity contribution >= 4 is 0 Å². The number of nitrogens with zero attached hydrogens (tertiary/aromatic N) is 3. The molecule has 0 amide bonds. The molecule has 2 aromatic heterocycles. The smallest absolute Gasteiger partial charge is 0.153 e. The summed E-state index contributed by atoms with van der Waals surface area (Å²) in [6, 6.07) is 4.01. The van der Waals surface area contributed by atoms with Gasteiger partial charge in [-0.3, -0.25) is 0 Å². The summed E-state index contributed by atoms with van der Waals surface area (Å²) in [5.74, 6) is 0.875. The average Bonchev–Trinajstić information content (AvgIpc) is 2.61. The quantitative estimate of drug-likeness (QED) is 0.847. The molecule has 4 heteroatoms. The van der Waals surface area contributed by atoms with E-state index in [2.05, 4.69) is 29.2 Å². The fourth-order valence-electron chi connectivity index (χ4n) is 1.67. The van der Waals surface area contributed by atoms with Gasteiger partial charge < -0.3 is 5.32 Å². The number of aryl methyl sites for hydroxylation is 1. The van der Waals surface area contributed by atoms with Crippen molar-refractivity contribution in [1.82, 2.24) is 20.1 Å². The lowest BCUT2D eigenvalue weighted by Gasteiger charge is -2.05. The van der Waals surface area contributed by atoms with E-state index >= 15 is 0 Å². The van der Waals surface area contributed by atoms with Gasteiger partial charge in [-0.15, -0.1) is 0 Å². The van der Waals surface area contributed by atoms with Crippen molar-refractivity contribution in [3.63, 3.8) is 0 Å². The molecule has 2 aromatic rings. The molecule has 0 aromatic carbocycles. The molecule has 0 aliphatic carbocycles. The molecular formula is C12H16N4. The zero-order chi connectivity index (χ0) is 11.5. The normalized spacial score (nSPS) is 10.7. The van der Waals surface area contributed by atoms with Gasteiger partial charge in [0.1, 0.15) is 0 Å². The first kappa shape index (κ1) is 10.8. The van der Waals surface area contributed by atoms with Crippen LogP contribution in [-0.4, -0.2) is 21.8 Å². The van der Waals surface area contributed by atoms with Crippen molar-refractivity contribution in [3.8, 4) is 5.82 Å². The predicted molar refractivity (Wildman–Crippen MR) is 63.6 cm³/mol. The molecule has 0 aliphatic heterocycles. The van der Waals surface area contributed by atoms with Crippen molar-refractivity contribution < 1.29 is 0 Å². The Balaban J connectivity index is 2.41. The van der Waals surface area contributed by atoms with Gasteiger partial charge in [-0.25, -0.2) is 9.67 Å². The Morgan fingerprint density at radius 1 is 1.38 bits per heavy atom. The molecule has 2 rings (SSSR count). The minimum atomic E-state index is 0.831. The zero-order valence-corrected chi connectivity index (χ0v) is 9.86. The van der Waals surface area contributed by atoms with Crippen molar-refractivity contribution in [2.45, 2.75) is 20.4 Å². The van der Waals surface area contributed by atoms with Crippen LogP contribution in [0.5, 0.6) is 0 Å². The highest BCUT2D eigenvalue weighted by Crippen LogP contribution is 2.12. The van der Waals surface area contributed by atoms with Crippen molar-refractivity contribution in [2.24, 2.45) is 0 Å². The highest BCUT2D eigenvalue weighted by atomic mass is 15.3. The summed E-state index contributed by atoms with van der Waals surface area (Å²) in [6.45, 7) is 4.94. The SMILES string of the molecule is CNCc1cnn(-c2cc(C)ccn2)c1C. The second-order valence-electron chi connectivity index (χ2n) is 3.89. The molecule has 2 heterocycles. The summed E-state index contributed by atoms with van der Waals surface area (Å²) in [6.07, 6.45) is 3.69. The molecule has 0 aliphatic rings. The molecule has 84 valence electrons. The number of hydrogen-bond donors (Lipinski definition) is 1. The molecule has 0 bridgehead atoms. The van der Waals surface area contributed by atoms with E-state index in [1.54, 1.807) is 0 Å². The topological polar surface area (TPSA) is 42.7 Å². The van der Waals surface area contributed by atoms with Crippen LogP contribution in [0, 0.1) is 13.8 Å². The first-order chi connectivity index (χ1) is 7.72. The number of nitrogens with one attached hydrogen (secondary N) is 1. The van der Waals surface area contributed by atoms with E-state index in [9.17, 15) is 0 Å². The minimum absolute atomic E-state index is 0.831. The van der Waals surface area contributed by atoms with Crippen molar-refractivity contribution in [3.05, 3.63) is 41.3 Å². The third kappa shape index (κ3) is 1.97. The summed E-state index contributed by atoms with van der Waals surface area (Å²) < 4.78 is 1.87. The Bertz CT molecular complexity index is 488. The Morgan fingerprint density at radius 2 is 2.19 bits per heavy atom. The predicted octanol–water partition coefficient (Wildman–Crippen LogP) is 1.60. The largest absolute Gasteiger partial charge is 0.316 e. The highest BCUT2D eigenvalue weighted by Gasteiger charge is 2.07. The molecule has 1 N–H and O–H groups in total. The second kappa shape index (κ2) is 4.45. The molecule has 0 spiro atoms. The van der Waals surface area contributed by atoms with Gasteiger partial charge in [0.15, 0.2) is 5.82 Å². The number of aromatic nitrogens is 3. The fourth-order valence-corrected chi connectivity index (χ4v) is 1.67. The highest BCUT2D eigenvalue weighted by molar-refractivity contribution is 5.30. The van der Waals surface area contributed by atoms with Crippen LogP contribution in [0.1, 0.15) is 16.8 Å². The Morgan fingerprint density at radius 3 is 2.88 bits per heavy atom. The molecule has 0 saturated heterocycles. The van der Waals surface area contributed by atoms with E-state index in [0.29, 0.717) is 0 Å². The maximum absolute atomic E-state index is 4.36. The summed E-state index contributed by atoms with van der Waals surface area (Å²) in [5, 5.41) is 7.49. The summed E-state index contributed by atoms with van der Waals surface area (Å²) in [7, 11) is 1.93. The molecule has 0 fully saturated rings. The lowest BCUT2D eigenvalue weighted by Crippen LogP contribution is -2.07. The number of rotatable bonds is 3. The van der Waals surface area contributed by atoms with Crippen molar-refractivity contribution in [2.75, 3.05) is 7.05 Å². The first-order valence-corrected chi connectivity index (χ1v) is 5.33. The van der Waals surface area contributed by atoms with Crippen LogP contribution in [-0.2, 0) is 6.54 Å². The van der Waals surface area contributed by atoms with Gasteiger partial charge in [-0.2, -0.15) is 5.10 Å². The minimum Gasteiger partial charge on any atom is -0.316 e.